The van der Waals surface area contributed by atoms with Crippen molar-refractivity contribution >= 4 is 53.3 Å². The molecular weight excluding hydrogens is 773 g/mol. The molecule has 0 N–H and O–H groups in total. The normalized spacial score (nSPS) is 11.5. The van der Waals surface area contributed by atoms with Crippen LogP contribution in [0.15, 0.2) is 218 Å². The number of benzene rings is 9. The first-order valence-electron chi connectivity index (χ1n) is 20.8. The van der Waals surface area contributed by atoms with Gasteiger partial charge in [-0.3, -0.25) is 0 Å². The molecule has 9 aromatic carbocycles. The van der Waals surface area contributed by atoms with E-state index in [0.717, 1.165) is 55.7 Å². The lowest BCUT2D eigenvalue weighted by Crippen LogP contribution is -2.01. The third-order valence-electron chi connectivity index (χ3n) is 11.8. The van der Waals surface area contributed by atoms with Crippen molar-refractivity contribution in [2.75, 3.05) is 0 Å². The lowest BCUT2D eigenvalue weighted by Gasteiger charge is -2.15. The smallest absolute Gasteiger partial charge is 0.164 e. The predicted molar refractivity (Wildman–Crippen MR) is 260 cm³/mol. The third kappa shape index (κ3) is 6.26. The second-order valence-corrected chi connectivity index (χ2v) is 16.7. The van der Waals surface area contributed by atoms with Crippen molar-refractivity contribution in [1.29, 1.82) is 0 Å². The van der Waals surface area contributed by atoms with E-state index in [9.17, 15) is 0 Å². The Hall–Kier alpha value is -7.99. The minimum absolute atomic E-state index is 0.611. The summed E-state index contributed by atoms with van der Waals surface area (Å²) in [7, 11) is 0. The van der Waals surface area contributed by atoms with Gasteiger partial charge in [-0.1, -0.05) is 164 Å². The first-order chi connectivity index (χ1) is 30.7. The number of aromatic nitrogens is 4. The van der Waals surface area contributed by atoms with Crippen molar-refractivity contribution in [3.8, 4) is 73.2 Å². The second kappa shape index (κ2) is 14.9. The summed E-state index contributed by atoms with van der Waals surface area (Å²) in [6.07, 6.45) is 0. The molecule has 0 aliphatic carbocycles. The molecule has 3 heterocycles. The van der Waals surface area contributed by atoms with E-state index in [4.69, 9.17) is 15.0 Å². The maximum Gasteiger partial charge on any atom is 0.164 e. The van der Waals surface area contributed by atoms with Gasteiger partial charge in [0.05, 0.1) is 11.0 Å². The molecule has 290 valence electrons. The molecule has 12 rings (SSSR count). The van der Waals surface area contributed by atoms with Crippen LogP contribution in [0.1, 0.15) is 0 Å². The standard InChI is InChI=1S/C57H36N4S/c1-4-16-37(17-5-1)40-22-14-23-41(32-40)42-24-15-25-43(33-42)44-34-45(57-59-55(38-18-6-2-7-19-38)58-56(60-57)39-20-8-3-9-21-39)36-46(35-44)61-49-28-12-10-26-47(49)53-50(61)30-31-52-54(53)48-27-11-13-29-51(48)62-52/h1-36H. The lowest BCUT2D eigenvalue weighted by molar-refractivity contribution is 1.07. The van der Waals surface area contributed by atoms with Gasteiger partial charge < -0.3 is 4.57 Å². The van der Waals surface area contributed by atoms with Crippen LogP contribution in [-0.4, -0.2) is 19.5 Å². The van der Waals surface area contributed by atoms with E-state index in [1.165, 1.54) is 42.1 Å². The highest BCUT2D eigenvalue weighted by Gasteiger charge is 2.20. The van der Waals surface area contributed by atoms with Crippen LogP contribution < -0.4 is 0 Å². The van der Waals surface area contributed by atoms with Gasteiger partial charge in [0.1, 0.15) is 0 Å². The number of hydrogen-bond donors (Lipinski definition) is 0. The van der Waals surface area contributed by atoms with Gasteiger partial charge in [-0.05, 0) is 88.0 Å². The Labute approximate surface area is 362 Å². The number of thiophene rings is 1. The SMILES string of the molecule is c1ccc(-c2cccc(-c3cccc(-c4cc(-c5nc(-c6ccccc6)nc(-c6ccccc6)n5)cc(-n5c6ccccc6c6c7c(ccc65)sc5ccccc57)c4)c3)c2)cc1. The van der Waals surface area contributed by atoms with Crippen LogP contribution >= 0.6 is 11.3 Å². The van der Waals surface area contributed by atoms with Crippen LogP contribution in [0.3, 0.4) is 0 Å². The summed E-state index contributed by atoms with van der Waals surface area (Å²) in [6, 6.07) is 77.6. The van der Waals surface area contributed by atoms with Crippen molar-refractivity contribution < 1.29 is 0 Å². The van der Waals surface area contributed by atoms with E-state index in [1.807, 2.05) is 47.7 Å². The Morgan fingerprint density at radius 2 is 0.758 bits per heavy atom. The maximum atomic E-state index is 5.22. The van der Waals surface area contributed by atoms with E-state index in [0.29, 0.717) is 17.5 Å². The van der Waals surface area contributed by atoms with Crippen molar-refractivity contribution in [1.82, 2.24) is 19.5 Å². The summed E-state index contributed by atoms with van der Waals surface area (Å²) >= 11 is 1.86. The topological polar surface area (TPSA) is 43.6 Å². The fourth-order valence-electron chi connectivity index (χ4n) is 8.91. The van der Waals surface area contributed by atoms with Gasteiger partial charge in [0.2, 0.25) is 0 Å². The fourth-order valence-corrected chi connectivity index (χ4v) is 10.0. The molecule has 0 atom stereocenters. The molecule has 12 aromatic rings. The average Bonchev–Trinajstić information content (AvgIpc) is 3.90. The molecule has 4 nitrogen and oxygen atoms in total. The summed E-state index contributed by atoms with van der Waals surface area (Å²) in [5.74, 6) is 1.87. The number of hydrogen-bond acceptors (Lipinski definition) is 4. The number of fused-ring (bicyclic) bond motifs is 7. The van der Waals surface area contributed by atoms with Crippen molar-refractivity contribution in [2.45, 2.75) is 0 Å². The molecule has 0 spiro atoms. The molecule has 0 unspecified atom stereocenters. The van der Waals surface area contributed by atoms with E-state index < -0.39 is 0 Å². The Morgan fingerprint density at radius 1 is 0.290 bits per heavy atom. The molecule has 0 radical (unpaired) electrons. The fraction of sp³-hybridized carbons (Fsp3) is 0. The first-order valence-corrected chi connectivity index (χ1v) is 21.7. The number of para-hydroxylation sites is 1. The van der Waals surface area contributed by atoms with E-state index >= 15 is 0 Å². The van der Waals surface area contributed by atoms with Gasteiger partial charge in [0, 0.05) is 53.3 Å². The summed E-state index contributed by atoms with van der Waals surface area (Å²) in [4.78, 5) is 15.5. The second-order valence-electron chi connectivity index (χ2n) is 15.6. The van der Waals surface area contributed by atoms with Gasteiger partial charge in [-0.25, -0.2) is 15.0 Å². The minimum Gasteiger partial charge on any atom is -0.309 e. The van der Waals surface area contributed by atoms with Crippen LogP contribution in [0.2, 0.25) is 0 Å². The molecule has 0 saturated heterocycles. The Balaban J connectivity index is 1.11. The highest BCUT2D eigenvalue weighted by Crippen LogP contribution is 2.44. The largest absolute Gasteiger partial charge is 0.309 e. The Bertz CT molecular complexity index is 3570. The minimum atomic E-state index is 0.611. The average molecular weight is 809 g/mol. The van der Waals surface area contributed by atoms with E-state index in [1.54, 1.807) is 0 Å². The van der Waals surface area contributed by atoms with Gasteiger partial charge in [-0.15, -0.1) is 11.3 Å². The van der Waals surface area contributed by atoms with Crippen LogP contribution in [-0.2, 0) is 0 Å². The van der Waals surface area contributed by atoms with Crippen molar-refractivity contribution in [2.24, 2.45) is 0 Å². The van der Waals surface area contributed by atoms with Crippen LogP contribution in [0.25, 0.3) is 115 Å². The molecule has 3 aromatic heterocycles. The maximum absolute atomic E-state index is 5.22. The monoisotopic (exact) mass is 808 g/mol. The van der Waals surface area contributed by atoms with E-state index in [-0.39, 0.29) is 0 Å². The lowest BCUT2D eigenvalue weighted by atomic mass is 9.95. The Morgan fingerprint density at radius 3 is 1.40 bits per heavy atom. The van der Waals surface area contributed by atoms with Crippen molar-refractivity contribution in [3.05, 3.63) is 218 Å². The van der Waals surface area contributed by atoms with Crippen LogP contribution in [0, 0.1) is 0 Å². The molecule has 5 heteroatoms. The molecule has 0 amide bonds. The third-order valence-corrected chi connectivity index (χ3v) is 12.9. The zero-order valence-corrected chi connectivity index (χ0v) is 34.3. The highest BCUT2D eigenvalue weighted by atomic mass is 32.1. The summed E-state index contributed by atoms with van der Waals surface area (Å²) in [6.45, 7) is 0. The highest BCUT2D eigenvalue weighted by molar-refractivity contribution is 7.26. The molecule has 0 bridgehead atoms. The van der Waals surface area contributed by atoms with Gasteiger partial charge >= 0.3 is 0 Å². The van der Waals surface area contributed by atoms with Crippen LogP contribution in [0.5, 0.6) is 0 Å². The van der Waals surface area contributed by atoms with Gasteiger partial charge in [0.15, 0.2) is 17.5 Å². The number of nitrogens with zero attached hydrogens (tertiary/aromatic N) is 4. The zero-order chi connectivity index (χ0) is 41.0. The van der Waals surface area contributed by atoms with Gasteiger partial charge in [-0.2, -0.15) is 0 Å². The molecular formula is C57H36N4S. The molecule has 0 aliphatic heterocycles. The van der Waals surface area contributed by atoms with E-state index in [2.05, 4.69) is 187 Å². The molecule has 0 saturated carbocycles. The number of rotatable bonds is 7. The first kappa shape index (κ1) is 35.9. The Kier molecular flexibility index (Phi) is 8.65. The zero-order valence-electron chi connectivity index (χ0n) is 33.5. The van der Waals surface area contributed by atoms with Crippen LogP contribution in [0.4, 0.5) is 0 Å². The molecule has 0 aliphatic rings. The quantitative estimate of drug-likeness (QED) is 0.161. The summed E-state index contributed by atoms with van der Waals surface area (Å²) in [5, 5.41) is 5.08. The van der Waals surface area contributed by atoms with Gasteiger partial charge in [0.25, 0.3) is 0 Å². The molecule has 62 heavy (non-hydrogen) atoms. The predicted octanol–water partition coefficient (Wildman–Crippen LogP) is 15.3. The molecule has 0 fully saturated rings. The van der Waals surface area contributed by atoms with Crippen molar-refractivity contribution in [3.63, 3.8) is 0 Å². The summed E-state index contributed by atoms with van der Waals surface area (Å²) in [5.41, 5.74) is 13.0. The summed E-state index contributed by atoms with van der Waals surface area (Å²) < 4.78 is 5.01.